The molecule has 0 atom stereocenters. The van der Waals surface area contributed by atoms with E-state index in [0.717, 1.165) is 29.7 Å². The van der Waals surface area contributed by atoms with Gasteiger partial charge in [-0.15, -0.1) is 22.7 Å². The molecule has 0 saturated heterocycles. The summed E-state index contributed by atoms with van der Waals surface area (Å²) >= 11 is 3.19. The quantitative estimate of drug-likeness (QED) is 0.114. The third kappa shape index (κ3) is 8.62. The standard InChI is InChI=1S/C36H35F3S2/c1-3-5-7-9-15-29-20-23-33(40-29)28-18-17-26(32(37)25-28)13-11-12-14-27-19-22-31(36(39)35(27)38)34-24-21-30(41-34)16-10-8-6-4-2/h17-25H,3-10,15-16H2,1-2H3. The maximum absolute atomic E-state index is 14.9. The molecular formula is C36H35F3S2. The number of thiophene rings is 2. The van der Waals surface area contributed by atoms with Gasteiger partial charge in [-0.1, -0.05) is 58.4 Å². The van der Waals surface area contributed by atoms with Crippen LogP contribution >= 0.6 is 22.7 Å². The van der Waals surface area contributed by atoms with E-state index in [2.05, 4.69) is 43.6 Å². The van der Waals surface area contributed by atoms with Gasteiger partial charge in [-0.3, -0.25) is 0 Å². The molecule has 2 aromatic heterocycles. The molecule has 4 aromatic rings. The summed E-state index contributed by atoms with van der Waals surface area (Å²) in [6.07, 6.45) is 11.6. The average Bonchev–Trinajstić information content (AvgIpc) is 3.64. The van der Waals surface area contributed by atoms with E-state index in [9.17, 15) is 13.2 Å². The van der Waals surface area contributed by atoms with Gasteiger partial charge in [0.25, 0.3) is 0 Å². The maximum Gasteiger partial charge on any atom is 0.175 e. The molecule has 0 N–H and O–H groups in total. The Morgan fingerprint density at radius 1 is 0.585 bits per heavy atom. The van der Waals surface area contributed by atoms with Gasteiger partial charge in [0.1, 0.15) is 5.82 Å². The van der Waals surface area contributed by atoms with Gasteiger partial charge in [0.05, 0.1) is 11.1 Å². The van der Waals surface area contributed by atoms with Gasteiger partial charge >= 0.3 is 0 Å². The second-order valence-electron chi connectivity index (χ2n) is 10.1. The second-order valence-corrected chi connectivity index (χ2v) is 12.5. The highest BCUT2D eigenvalue weighted by Crippen LogP contribution is 2.33. The van der Waals surface area contributed by atoms with Crippen molar-refractivity contribution in [2.75, 3.05) is 0 Å². The lowest BCUT2D eigenvalue weighted by Crippen LogP contribution is -1.92. The molecular weight excluding hydrogens is 554 g/mol. The molecule has 0 bridgehead atoms. The van der Waals surface area contributed by atoms with E-state index in [1.807, 2.05) is 24.3 Å². The maximum atomic E-state index is 14.9. The Balaban J connectivity index is 1.40. The summed E-state index contributed by atoms with van der Waals surface area (Å²) in [7, 11) is 0. The van der Waals surface area contributed by atoms with Gasteiger partial charge in [0.15, 0.2) is 11.6 Å². The summed E-state index contributed by atoms with van der Waals surface area (Å²) in [5, 5.41) is 0. The Hall–Kier alpha value is -3.25. The predicted molar refractivity (Wildman–Crippen MR) is 169 cm³/mol. The monoisotopic (exact) mass is 588 g/mol. The number of aryl methyl sites for hydroxylation is 2. The van der Waals surface area contributed by atoms with Crippen LogP contribution < -0.4 is 0 Å². The first-order valence-electron chi connectivity index (χ1n) is 14.5. The van der Waals surface area contributed by atoms with Crippen molar-refractivity contribution < 1.29 is 13.2 Å². The van der Waals surface area contributed by atoms with Crippen molar-refractivity contribution in [3.63, 3.8) is 0 Å². The van der Waals surface area contributed by atoms with E-state index in [0.29, 0.717) is 4.88 Å². The molecule has 0 saturated carbocycles. The van der Waals surface area contributed by atoms with Crippen molar-refractivity contribution in [3.8, 4) is 44.6 Å². The van der Waals surface area contributed by atoms with Crippen molar-refractivity contribution in [1.82, 2.24) is 0 Å². The highest BCUT2D eigenvalue weighted by molar-refractivity contribution is 7.15. The topological polar surface area (TPSA) is 0 Å². The molecule has 2 aromatic carbocycles. The molecule has 212 valence electrons. The number of hydrogen-bond donors (Lipinski definition) is 0. The van der Waals surface area contributed by atoms with Crippen molar-refractivity contribution >= 4 is 22.7 Å². The molecule has 0 fully saturated rings. The zero-order valence-corrected chi connectivity index (χ0v) is 25.4. The van der Waals surface area contributed by atoms with Crippen molar-refractivity contribution in [2.24, 2.45) is 0 Å². The lowest BCUT2D eigenvalue weighted by molar-refractivity contribution is 0.509. The molecule has 0 aliphatic rings. The van der Waals surface area contributed by atoms with Gasteiger partial charge in [0.2, 0.25) is 0 Å². The van der Waals surface area contributed by atoms with Crippen LogP contribution in [0.2, 0.25) is 0 Å². The normalized spacial score (nSPS) is 10.7. The van der Waals surface area contributed by atoms with Gasteiger partial charge in [0, 0.05) is 25.1 Å². The summed E-state index contributed by atoms with van der Waals surface area (Å²) in [4.78, 5) is 4.22. The molecule has 0 unspecified atom stereocenters. The van der Waals surface area contributed by atoms with E-state index in [1.165, 1.54) is 78.2 Å². The van der Waals surface area contributed by atoms with Crippen LogP contribution in [0.1, 0.15) is 86.1 Å². The molecule has 5 heteroatoms. The minimum Gasteiger partial charge on any atom is -0.206 e. The van der Waals surface area contributed by atoms with E-state index < -0.39 is 17.5 Å². The van der Waals surface area contributed by atoms with Gasteiger partial charge < -0.3 is 0 Å². The highest BCUT2D eigenvalue weighted by Gasteiger charge is 2.15. The van der Waals surface area contributed by atoms with Crippen LogP contribution in [0.25, 0.3) is 20.9 Å². The molecule has 0 aliphatic carbocycles. The first-order chi connectivity index (χ1) is 20.0. The van der Waals surface area contributed by atoms with Gasteiger partial charge in [-0.25, -0.2) is 13.2 Å². The van der Waals surface area contributed by atoms with Gasteiger partial charge in [-0.05, 0) is 103 Å². The fraction of sp³-hybridized carbons (Fsp3) is 0.333. The summed E-state index contributed by atoms with van der Waals surface area (Å²) < 4.78 is 44.4. The van der Waals surface area contributed by atoms with Crippen molar-refractivity contribution in [1.29, 1.82) is 0 Å². The molecule has 2 heterocycles. The van der Waals surface area contributed by atoms with E-state index in [-0.39, 0.29) is 16.7 Å². The lowest BCUT2D eigenvalue weighted by Gasteiger charge is -2.03. The summed E-state index contributed by atoms with van der Waals surface area (Å²) in [5.41, 5.74) is 1.19. The number of benzene rings is 2. The van der Waals surface area contributed by atoms with Crippen molar-refractivity contribution in [2.45, 2.75) is 78.1 Å². The summed E-state index contributed by atoms with van der Waals surface area (Å²) in [6.45, 7) is 4.38. The largest absolute Gasteiger partial charge is 0.206 e. The Morgan fingerprint density at radius 2 is 1.17 bits per heavy atom. The average molecular weight is 589 g/mol. The van der Waals surface area contributed by atoms with Crippen LogP contribution in [0.15, 0.2) is 54.6 Å². The fourth-order valence-corrected chi connectivity index (χ4v) is 6.69. The third-order valence-electron chi connectivity index (χ3n) is 6.93. The minimum absolute atomic E-state index is 0.0732. The molecule has 0 aliphatic heterocycles. The molecule has 0 radical (unpaired) electrons. The summed E-state index contributed by atoms with van der Waals surface area (Å²) in [5.74, 6) is 8.05. The van der Waals surface area contributed by atoms with Crippen LogP contribution in [0.5, 0.6) is 0 Å². The predicted octanol–water partition coefficient (Wildman–Crippen LogP) is 11.2. The molecule has 41 heavy (non-hydrogen) atoms. The number of rotatable bonds is 12. The van der Waals surface area contributed by atoms with Crippen LogP contribution in [0, 0.1) is 41.1 Å². The lowest BCUT2D eigenvalue weighted by atomic mass is 10.1. The fourth-order valence-electron chi connectivity index (χ4n) is 4.58. The first kappa shape index (κ1) is 30.7. The number of halogens is 3. The van der Waals surface area contributed by atoms with Crippen LogP contribution in [-0.2, 0) is 12.8 Å². The number of unbranched alkanes of at least 4 members (excludes halogenated alkanes) is 6. The van der Waals surface area contributed by atoms with E-state index in [1.54, 1.807) is 23.5 Å². The zero-order chi connectivity index (χ0) is 29.0. The van der Waals surface area contributed by atoms with Gasteiger partial charge in [-0.2, -0.15) is 0 Å². The Bertz CT molecular complexity index is 1570. The Labute approximate surface area is 250 Å². The Morgan fingerprint density at radius 3 is 1.80 bits per heavy atom. The second kappa shape index (κ2) is 15.7. The first-order valence-corrected chi connectivity index (χ1v) is 16.1. The van der Waals surface area contributed by atoms with Crippen molar-refractivity contribution in [3.05, 3.63) is 92.9 Å². The number of hydrogen-bond acceptors (Lipinski definition) is 2. The van der Waals surface area contributed by atoms with Crippen LogP contribution in [0.4, 0.5) is 13.2 Å². The zero-order valence-electron chi connectivity index (χ0n) is 23.7. The SMILES string of the molecule is CCCCCCc1ccc(-c2ccc(C#CC#Cc3ccc(-c4ccc(CCCCCC)s4)c(F)c3F)c(F)c2)s1. The molecule has 4 rings (SSSR count). The molecule has 0 nitrogen and oxygen atoms in total. The van der Waals surface area contributed by atoms with Crippen LogP contribution in [-0.4, -0.2) is 0 Å². The smallest absolute Gasteiger partial charge is 0.175 e. The van der Waals surface area contributed by atoms with Crippen LogP contribution in [0.3, 0.4) is 0 Å². The molecule has 0 spiro atoms. The Kier molecular flexibility index (Phi) is 11.7. The van der Waals surface area contributed by atoms with E-state index in [4.69, 9.17) is 0 Å². The molecule has 0 amide bonds. The van der Waals surface area contributed by atoms with E-state index >= 15 is 0 Å². The third-order valence-corrected chi connectivity index (χ3v) is 9.31. The summed E-state index contributed by atoms with van der Waals surface area (Å²) in [6, 6.07) is 16.0. The minimum atomic E-state index is -0.995. The highest BCUT2D eigenvalue weighted by atomic mass is 32.1.